The standard InChI is InChI=1S/C21H25N5O7/c1-4-15(27)30-9-13-18(31-16(28)5-2)19(32-17(29)6-3)21(10-22,33-13)14-8-7-12-20(23)24-11-25-26(12)14/h7-8,11,13,18-19H,4-6,9H2,1-3H3,(H2,23,24,25)/t13?,18-,19-,21+/m1/s1. The van der Waals surface area contributed by atoms with E-state index in [1.54, 1.807) is 26.8 Å². The van der Waals surface area contributed by atoms with Crippen LogP contribution in [0.4, 0.5) is 5.82 Å². The average Bonchev–Trinajstić information content (AvgIpc) is 3.38. The Labute approximate surface area is 189 Å². The first kappa shape index (κ1) is 23.9. The van der Waals surface area contributed by atoms with Crippen molar-refractivity contribution < 1.29 is 33.3 Å². The first-order chi connectivity index (χ1) is 15.8. The average molecular weight is 459 g/mol. The van der Waals surface area contributed by atoms with Gasteiger partial charge < -0.3 is 24.7 Å². The molecule has 0 radical (unpaired) electrons. The molecule has 0 saturated carbocycles. The Morgan fingerprint density at radius 3 is 2.45 bits per heavy atom. The van der Waals surface area contributed by atoms with Crippen molar-refractivity contribution in [2.75, 3.05) is 12.3 Å². The Balaban J connectivity index is 2.15. The molecule has 2 aromatic heterocycles. The van der Waals surface area contributed by atoms with Crippen LogP contribution < -0.4 is 5.73 Å². The number of aromatic nitrogens is 3. The van der Waals surface area contributed by atoms with Crippen molar-refractivity contribution in [1.82, 2.24) is 14.6 Å². The molecular weight excluding hydrogens is 434 g/mol. The Hall–Kier alpha value is -3.72. The van der Waals surface area contributed by atoms with Crippen molar-refractivity contribution in [2.24, 2.45) is 0 Å². The van der Waals surface area contributed by atoms with E-state index in [0.29, 0.717) is 5.52 Å². The van der Waals surface area contributed by atoms with Gasteiger partial charge in [0.05, 0.1) is 5.69 Å². The van der Waals surface area contributed by atoms with E-state index < -0.39 is 41.8 Å². The highest BCUT2D eigenvalue weighted by Crippen LogP contribution is 2.43. The molecule has 3 heterocycles. The van der Waals surface area contributed by atoms with Crippen LogP contribution in [0.25, 0.3) is 5.52 Å². The molecule has 4 atom stereocenters. The zero-order valence-electron chi connectivity index (χ0n) is 18.5. The minimum absolute atomic E-state index is 0.00591. The van der Waals surface area contributed by atoms with Crippen molar-refractivity contribution in [3.63, 3.8) is 0 Å². The molecular formula is C21H25N5O7. The predicted molar refractivity (Wildman–Crippen MR) is 111 cm³/mol. The number of rotatable bonds is 8. The monoisotopic (exact) mass is 459 g/mol. The van der Waals surface area contributed by atoms with Gasteiger partial charge in [-0.05, 0) is 12.1 Å². The zero-order valence-corrected chi connectivity index (χ0v) is 18.5. The number of hydrogen-bond donors (Lipinski definition) is 1. The van der Waals surface area contributed by atoms with E-state index in [2.05, 4.69) is 16.2 Å². The van der Waals surface area contributed by atoms with Gasteiger partial charge in [0.15, 0.2) is 18.0 Å². The van der Waals surface area contributed by atoms with Crippen LogP contribution >= 0.6 is 0 Å². The van der Waals surface area contributed by atoms with Crippen molar-refractivity contribution in [3.05, 3.63) is 24.2 Å². The van der Waals surface area contributed by atoms with Gasteiger partial charge in [-0.25, -0.2) is 9.50 Å². The summed E-state index contributed by atoms with van der Waals surface area (Å²) in [6.45, 7) is 4.47. The fourth-order valence-corrected chi connectivity index (χ4v) is 3.54. The second-order valence-corrected chi connectivity index (χ2v) is 7.27. The quantitative estimate of drug-likeness (QED) is 0.442. The molecule has 1 fully saturated rings. The number of carbonyl (C=O) groups is 3. The summed E-state index contributed by atoms with van der Waals surface area (Å²) in [5.74, 6) is -1.59. The van der Waals surface area contributed by atoms with Crippen LogP contribution in [-0.2, 0) is 38.9 Å². The van der Waals surface area contributed by atoms with Gasteiger partial charge >= 0.3 is 17.9 Å². The number of ether oxygens (including phenoxy) is 4. The number of fused-ring (bicyclic) bond motifs is 1. The molecule has 0 aliphatic carbocycles. The van der Waals surface area contributed by atoms with Gasteiger partial charge in [0.1, 0.15) is 30.6 Å². The molecule has 0 spiro atoms. The number of nitrogens with zero attached hydrogens (tertiary/aromatic N) is 4. The maximum absolute atomic E-state index is 12.3. The zero-order chi connectivity index (χ0) is 24.2. The summed E-state index contributed by atoms with van der Waals surface area (Å²) in [4.78, 5) is 40.2. The first-order valence-electron chi connectivity index (χ1n) is 10.5. The summed E-state index contributed by atoms with van der Waals surface area (Å²) in [5.41, 5.74) is 4.55. The highest BCUT2D eigenvalue weighted by atomic mass is 16.7. The second-order valence-electron chi connectivity index (χ2n) is 7.27. The predicted octanol–water partition coefficient (Wildman–Crippen LogP) is 1.03. The highest BCUT2D eigenvalue weighted by Gasteiger charge is 2.62. The smallest absolute Gasteiger partial charge is 0.306 e. The molecule has 3 rings (SSSR count). The second kappa shape index (κ2) is 9.83. The molecule has 1 unspecified atom stereocenters. The molecule has 2 N–H and O–H groups in total. The molecule has 1 aliphatic rings. The highest BCUT2D eigenvalue weighted by molar-refractivity contribution is 5.71. The third kappa shape index (κ3) is 4.45. The molecule has 0 bridgehead atoms. The van der Waals surface area contributed by atoms with Crippen LogP contribution in [0.3, 0.4) is 0 Å². The number of anilines is 1. The maximum Gasteiger partial charge on any atom is 0.306 e. The Kier molecular flexibility index (Phi) is 7.13. The van der Waals surface area contributed by atoms with Crippen LogP contribution in [-0.4, -0.2) is 57.4 Å². The van der Waals surface area contributed by atoms with E-state index in [0.717, 1.165) is 0 Å². The van der Waals surface area contributed by atoms with E-state index in [1.807, 2.05) is 0 Å². The number of nitrogen functional groups attached to an aromatic ring is 1. The van der Waals surface area contributed by atoms with Crippen LogP contribution in [0.15, 0.2) is 18.5 Å². The van der Waals surface area contributed by atoms with E-state index in [9.17, 15) is 19.6 Å². The molecule has 176 valence electrons. The van der Waals surface area contributed by atoms with Crippen LogP contribution in [0.1, 0.15) is 45.7 Å². The SMILES string of the molecule is CCC(=O)OCC1O[C@@](C#N)(c2ccc3c(N)ncnn23)[C@H](OC(=O)CC)[C@@H]1OC(=O)CC. The first-order valence-corrected chi connectivity index (χ1v) is 10.5. The van der Waals surface area contributed by atoms with Crippen molar-refractivity contribution in [3.8, 4) is 6.07 Å². The molecule has 0 aromatic carbocycles. The largest absolute Gasteiger partial charge is 0.463 e. The molecule has 12 heteroatoms. The van der Waals surface area contributed by atoms with Crippen molar-refractivity contribution in [2.45, 2.75) is 63.9 Å². The summed E-state index contributed by atoms with van der Waals surface area (Å²) >= 11 is 0. The van der Waals surface area contributed by atoms with E-state index in [4.69, 9.17) is 24.7 Å². The van der Waals surface area contributed by atoms with Gasteiger partial charge in [0, 0.05) is 19.3 Å². The lowest BCUT2D eigenvalue weighted by Crippen LogP contribution is -2.46. The Bertz CT molecular complexity index is 1090. The summed E-state index contributed by atoms with van der Waals surface area (Å²) in [6, 6.07) is 5.19. The maximum atomic E-state index is 12.3. The molecule has 33 heavy (non-hydrogen) atoms. The lowest BCUT2D eigenvalue weighted by Gasteiger charge is -2.28. The van der Waals surface area contributed by atoms with Gasteiger partial charge in [-0.3, -0.25) is 14.4 Å². The topological polar surface area (TPSA) is 168 Å². The fraction of sp³-hybridized carbons (Fsp3) is 0.524. The minimum Gasteiger partial charge on any atom is -0.463 e. The van der Waals surface area contributed by atoms with E-state index >= 15 is 0 Å². The molecule has 0 amide bonds. The van der Waals surface area contributed by atoms with Crippen LogP contribution in [0, 0.1) is 11.3 Å². The van der Waals surface area contributed by atoms with Gasteiger partial charge in [-0.15, -0.1) is 0 Å². The van der Waals surface area contributed by atoms with Gasteiger partial charge in [-0.2, -0.15) is 10.4 Å². The summed E-state index contributed by atoms with van der Waals surface area (Å²) in [5, 5.41) is 14.5. The number of esters is 3. The van der Waals surface area contributed by atoms with Crippen LogP contribution in [0.5, 0.6) is 0 Å². The molecule has 12 nitrogen and oxygen atoms in total. The van der Waals surface area contributed by atoms with Crippen molar-refractivity contribution in [1.29, 1.82) is 5.26 Å². The van der Waals surface area contributed by atoms with E-state index in [1.165, 1.54) is 16.9 Å². The fourth-order valence-electron chi connectivity index (χ4n) is 3.54. The lowest BCUT2D eigenvalue weighted by molar-refractivity contribution is -0.169. The lowest BCUT2D eigenvalue weighted by atomic mass is 9.92. The third-order valence-electron chi connectivity index (χ3n) is 5.23. The third-order valence-corrected chi connectivity index (χ3v) is 5.23. The number of nitriles is 1. The Morgan fingerprint density at radius 2 is 1.82 bits per heavy atom. The Morgan fingerprint density at radius 1 is 1.15 bits per heavy atom. The van der Waals surface area contributed by atoms with Crippen LogP contribution in [0.2, 0.25) is 0 Å². The normalized spacial score (nSPS) is 24.2. The summed E-state index contributed by atoms with van der Waals surface area (Å²) in [6.07, 6.45) is -2.32. The van der Waals surface area contributed by atoms with Gasteiger partial charge in [0.2, 0.25) is 5.60 Å². The summed E-state index contributed by atoms with van der Waals surface area (Å²) < 4.78 is 23.8. The molecule has 1 saturated heterocycles. The minimum atomic E-state index is -1.94. The van der Waals surface area contributed by atoms with E-state index in [-0.39, 0.29) is 37.4 Å². The molecule has 1 aliphatic heterocycles. The summed E-state index contributed by atoms with van der Waals surface area (Å²) in [7, 11) is 0. The van der Waals surface area contributed by atoms with Gasteiger partial charge in [0.25, 0.3) is 0 Å². The number of carbonyl (C=O) groups excluding carboxylic acids is 3. The van der Waals surface area contributed by atoms with Crippen molar-refractivity contribution >= 4 is 29.2 Å². The molecule has 2 aromatic rings. The van der Waals surface area contributed by atoms with Gasteiger partial charge in [-0.1, -0.05) is 20.8 Å². The number of nitrogens with two attached hydrogens (primary N) is 1. The number of hydrogen-bond acceptors (Lipinski definition) is 11.